The van der Waals surface area contributed by atoms with Crippen molar-refractivity contribution in [2.45, 2.75) is 19.4 Å². The lowest BCUT2D eigenvalue weighted by Gasteiger charge is -2.16. The molecule has 5 heteroatoms. The van der Waals surface area contributed by atoms with Crippen LogP contribution in [0.2, 0.25) is 4.34 Å². The Morgan fingerprint density at radius 3 is 2.57 bits per heavy atom. The first-order valence-electron chi connectivity index (χ1n) is 6.55. The Morgan fingerprint density at radius 2 is 2.00 bits per heavy atom. The highest BCUT2D eigenvalue weighted by Crippen LogP contribution is 2.22. The molecule has 0 bridgehead atoms. The van der Waals surface area contributed by atoms with Crippen molar-refractivity contribution < 1.29 is 4.79 Å². The topological polar surface area (TPSA) is 44.1 Å². The number of carbonyl (C=O) groups is 1. The van der Waals surface area contributed by atoms with Gasteiger partial charge < -0.3 is 4.90 Å². The summed E-state index contributed by atoms with van der Waals surface area (Å²) in [5.41, 5.74) is 1.70. The number of nitrogens with zero attached hydrogens (tertiary/aromatic N) is 2. The molecular formula is C16H15ClN2OS. The van der Waals surface area contributed by atoms with E-state index in [4.69, 9.17) is 16.9 Å². The summed E-state index contributed by atoms with van der Waals surface area (Å²) in [7, 11) is 1.80. The van der Waals surface area contributed by atoms with Crippen LogP contribution in [-0.2, 0) is 17.8 Å². The maximum Gasteiger partial charge on any atom is 0.222 e. The second-order valence-electron chi connectivity index (χ2n) is 4.76. The molecule has 0 fully saturated rings. The van der Waals surface area contributed by atoms with Crippen molar-refractivity contribution in [1.29, 1.82) is 5.26 Å². The van der Waals surface area contributed by atoms with Gasteiger partial charge in [-0.2, -0.15) is 5.26 Å². The van der Waals surface area contributed by atoms with Crippen molar-refractivity contribution >= 4 is 28.8 Å². The van der Waals surface area contributed by atoms with Gasteiger partial charge in [-0.1, -0.05) is 23.7 Å². The zero-order valence-corrected chi connectivity index (χ0v) is 13.2. The lowest BCUT2D eigenvalue weighted by atomic mass is 10.1. The molecule has 2 aromatic rings. The van der Waals surface area contributed by atoms with Gasteiger partial charge in [-0.25, -0.2) is 0 Å². The summed E-state index contributed by atoms with van der Waals surface area (Å²) in [5.74, 6) is 0.101. The highest BCUT2D eigenvalue weighted by Gasteiger charge is 2.10. The van der Waals surface area contributed by atoms with Crippen LogP contribution >= 0.6 is 22.9 Å². The first-order valence-corrected chi connectivity index (χ1v) is 7.75. The predicted octanol–water partition coefficient (Wildman–Crippen LogP) is 3.86. The normalized spacial score (nSPS) is 10.1. The van der Waals surface area contributed by atoms with Gasteiger partial charge in [-0.15, -0.1) is 11.3 Å². The predicted molar refractivity (Wildman–Crippen MR) is 85.3 cm³/mol. The molecule has 108 valence electrons. The third-order valence-electron chi connectivity index (χ3n) is 3.16. The molecule has 1 aromatic heterocycles. The Balaban J connectivity index is 1.84. The molecule has 0 aliphatic carbocycles. The average molecular weight is 319 g/mol. The SMILES string of the molecule is CN(Cc1ccc(Cl)s1)C(=O)CCc1ccc(C#N)cc1. The number of carbonyl (C=O) groups excluding carboxylic acids is 1. The number of rotatable bonds is 5. The quantitative estimate of drug-likeness (QED) is 0.840. The van der Waals surface area contributed by atoms with Crippen molar-refractivity contribution in [3.8, 4) is 6.07 Å². The molecule has 2 rings (SSSR count). The summed E-state index contributed by atoms with van der Waals surface area (Å²) in [6, 6.07) is 13.2. The molecule has 0 N–H and O–H groups in total. The molecule has 1 heterocycles. The molecule has 0 saturated heterocycles. The summed E-state index contributed by atoms with van der Waals surface area (Å²) < 4.78 is 0.739. The third kappa shape index (κ3) is 4.59. The van der Waals surface area contributed by atoms with Crippen LogP contribution in [0.3, 0.4) is 0 Å². The van der Waals surface area contributed by atoms with Gasteiger partial charge in [-0.3, -0.25) is 4.79 Å². The summed E-state index contributed by atoms with van der Waals surface area (Å²) in [6.45, 7) is 0.587. The zero-order valence-electron chi connectivity index (χ0n) is 11.7. The fourth-order valence-corrected chi connectivity index (χ4v) is 3.09. The summed E-state index contributed by atoms with van der Waals surface area (Å²) in [4.78, 5) is 14.9. The van der Waals surface area contributed by atoms with Gasteiger partial charge in [0.1, 0.15) is 0 Å². The van der Waals surface area contributed by atoms with E-state index in [2.05, 4.69) is 6.07 Å². The number of hydrogen-bond acceptors (Lipinski definition) is 3. The van der Waals surface area contributed by atoms with Crippen LogP contribution in [0, 0.1) is 11.3 Å². The van der Waals surface area contributed by atoms with E-state index in [0.29, 0.717) is 24.9 Å². The van der Waals surface area contributed by atoms with Crippen LogP contribution in [-0.4, -0.2) is 17.9 Å². The number of aryl methyl sites for hydroxylation is 1. The molecule has 0 aliphatic rings. The molecule has 0 atom stereocenters. The number of amides is 1. The van der Waals surface area contributed by atoms with Gasteiger partial charge in [0.05, 0.1) is 22.5 Å². The van der Waals surface area contributed by atoms with Gasteiger partial charge in [0.15, 0.2) is 0 Å². The molecular weight excluding hydrogens is 304 g/mol. The molecule has 0 unspecified atom stereocenters. The first kappa shape index (κ1) is 15.6. The molecule has 0 radical (unpaired) electrons. The molecule has 1 amide bonds. The number of halogens is 1. The highest BCUT2D eigenvalue weighted by atomic mass is 35.5. The maximum atomic E-state index is 12.1. The monoisotopic (exact) mass is 318 g/mol. The molecule has 3 nitrogen and oxygen atoms in total. The van der Waals surface area contributed by atoms with Gasteiger partial charge in [0.25, 0.3) is 0 Å². The smallest absolute Gasteiger partial charge is 0.222 e. The molecule has 0 spiro atoms. The van der Waals surface area contributed by atoms with Crippen LogP contribution in [0.5, 0.6) is 0 Å². The number of hydrogen-bond donors (Lipinski definition) is 0. The van der Waals surface area contributed by atoms with Crippen LogP contribution < -0.4 is 0 Å². The van der Waals surface area contributed by atoms with Gasteiger partial charge in [0, 0.05) is 18.3 Å². The fraction of sp³-hybridized carbons (Fsp3) is 0.250. The Bertz CT molecular complexity index is 658. The van der Waals surface area contributed by atoms with Gasteiger partial charge in [-0.05, 0) is 36.2 Å². The van der Waals surface area contributed by atoms with Crippen LogP contribution in [0.1, 0.15) is 22.4 Å². The summed E-state index contributed by atoms with van der Waals surface area (Å²) >= 11 is 7.37. The van der Waals surface area contributed by atoms with E-state index in [1.54, 1.807) is 24.1 Å². The summed E-state index contributed by atoms with van der Waals surface area (Å²) in [6.07, 6.45) is 1.14. The average Bonchev–Trinajstić information content (AvgIpc) is 2.90. The minimum Gasteiger partial charge on any atom is -0.341 e. The highest BCUT2D eigenvalue weighted by molar-refractivity contribution is 7.16. The largest absolute Gasteiger partial charge is 0.341 e. The Labute approximate surface area is 133 Å². The van der Waals surface area contributed by atoms with Crippen molar-refractivity contribution in [3.63, 3.8) is 0 Å². The van der Waals surface area contributed by atoms with E-state index < -0.39 is 0 Å². The molecule has 0 saturated carbocycles. The molecule has 0 aliphatic heterocycles. The Kier molecular flexibility index (Phi) is 5.38. The minimum atomic E-state index is 0.101. The van der Waals surface area contributed by atoms with Crippen molar-refractivity contribution in [3.05, 3.63) is 56.7 Å². The Morgan fingerprint density at radius 1 is 1.29 bits per heavy atom. The standard InChI is InChI=1S/C16H15ClN2OS/c1-19(11-14-7-8-15(17)21-14)16(20)9-6-12-2-4-13(10-18)5-3-12/h2-5,7-8H,6,9,11H2,1H3. The summed E-state index contributed by atoms with van der Waals surface area (Å²) in [5, 5.41) is 8.74. The number of thiophene rings is 1. The Hall–Kier alpha value is -1.83. The van der Waals surface area contributed by atoms with Crippen molar-refractivity contribution in [2.75, 3.05) is 7.05 Å². The van der Waals surface area contributed by atoms with Gasteiger partial charge in [0.2, 0.25) is 5.91 Å². The number of nitriles is 1. The van der Waals surface area contributed by atoms with E-state index in [1.807, 2.05) is 24.3 Å². The first-order chi connectivity index (χ1) is 10.1. The molecule has 21 heavy (non-hydrogen) atoms. The third-order valence-corrected chi connectivity index (χ3v) is 4.37. The lowest BCUT2D eigenvalue weighted by Crippen LogP contribution is -2.25. The second-order valence-corrected chi connectivity index (χ2v) is 6.56. The number of benzene rings is 1. The van der Waals surface area contributed by atoms with E-state index in [-0.39, 0.29) is 5.91 Å². The van der Waals surface area contributed by atoms with E-state index in [1.165, 1.54) is 11.3 Å². The van der Waals surface area contributed by atoms with E-state index in [9.17, 15) is 4.79 Å². The second kappa shape index (κ2) is 7.26. The van der Waals surface area contributed by atoms with E-state index in [0.717, 1.165) is 14.8 Å². The van der Waals surface area contributed by atoms with Crippen LogP contribution in [0.4, 0.5) is 0 Å². The van der Waals surface area contributed by atoms with Crippen molar-refractivity contribution in [1.82, 2.24) is 4.90 Å². The van der Waals surface area contributed by atoms with Crippen LogP contribution in [0.15, 0.2) is 36.4 Å². The molecule has 1 aromatic carbocycles. The van der Waals surface area contributed by atoms with Crippen molar-refractivity contribution in [2.24, 2.45) is 0 Å². The lowest BCUT2D eigenvalue weighted by molar-refractivity contribution is -0.130. The van der Waals surface area contributed by atoms with E-state index >= 15 is 0 Å². The van der Waals surface area contributed by atoms with Gasteiger partial charge >= 0.3 is 0 Å². The van der Waals surface area contributed by atoms with Crippen LogP contribution in [0.25, 0.3) is 0 Å². The fourth-order valence-electron chi connectivity index (χ4n) is 1.95. The zero-order chi connectivity index (χ0) is 15.2. The minimum absolute atomic E-state index is 0.101. The maximum absolute atomic E-state index is 12.1.